The van der Waals surface area contributed by atoms with Crippen molar-refractivity contribution in [2.24, 2.45) is 24.3 Å². The molecule has 2 atom stereocenters. The smallest absolute Gasteiger partial charge is 0.228 e. The zero-order valence-corrected chi connectivity index (χ0v) is 22.7. The van der Waals surface area contributed by atoms with E-state index in [1.54, 1.807) is 10.7 Å². The van der Waals surface area contributed by atoms with Crippen molar-refractivity contribution >= 4 is 40.0 Å². The van der Waals surface area contributed by atoms with Crippen molar-refractivity contribution in [2.45, 2.75) is 71.6 Å². The van der Waals surface area contributed by atoms with Crippen molar-refractivity contribution in [3.8, 4) is 11.1 Å². The first-order valence-corrected chi connectivity index (χ1v) is 13.6. The number of pyridine rings is 1. The Labute approximate surface area is 222 Å². The van der Waals surface area contributed by atoms with Gasteiger partial charge >= 0.3 is 0 Å². The molecule has 0 bridgehead atoms. The molecule has 8 heteroatoms. The molecule has 0 spiro atoms. The number of hydrogen-bond donors (Lipinski definition) is 1. The molecule has 0 unspecified atom stereocenters. The van der Waals surface area contributed by atoms with Gasteiger partial charge in [0.15, 0.2) is 5.82 Å². The molecule has 2 heterocycles. The Bertz CT molecular complexity index is 1380. The van der Waals surface area contributed by atoms with E-state index in [0.29, 0.717) is 39.7 Å². The highest BCUT2D eigenvalue weighted by Gasteiger charge is 2.45. The minimum absolute atomic E-state index is 0.0912. The lowest BCUT2D eigenvalue weighted by molar-refractivity contribution is -0.126. The Kier molecular flexibility index (Phi) is 6.86. The molecular formula is C29H34ClFN4O2. The van der Waals surface area contributed by atoms with Crippen LogP contribution < -0.4 is 5.32 Å². The van der Waals surface area contributed by atoms with Crippen LogP contribution in [0.15, 0.2) is 24.4 Å². The number of aromatic nitrogens is 3. The molecule has 0 aliphatic heterocycles. The van der Waals surface area contributed by atoms with E-state index in [4.69, 9.17) is 11.6 Å². The first kappa shape index (κ1) is 25.8. The number of benzene rings is 1. The fourth-order valence-electron chi connectivity index (χ4n) is 5.76. The van der Waals surface area contributed by atoms with Crippen LogP contribution in [0.5, 0.6) is 0 Å². The normalized spacial score (nSPS) is 20.8. The largest absolute Gasteiger partial charge is 0.310 e. The van der Waals surface area contributed by atoms with Gasteiger partial charge in [0.1, 0.15) is 17.1 Å². The predicted molar refractivity (Wildman–Crippen MR) is 144 cm³/mol. The van der Waals surface area contributed by atoms with Crippen molar-refractivity contribution < 1.29 is 14.0 Å². The molecule has 2 fully saturated rings. The van der Waals surface area contributed by atoms with Crippen LogP contribution in [-0.4, -0.2) is 26.5 Å². The molecule has 2 saturated carbocycles. The average molecular weight is 525 g/mol. The molecule has 2 aromatic heterocycles. The monoisotopic (exact) mass is 524 g/mol. The van der Waals surface area contributed by atoms with Gasteiger partial charge in [0.05, 0.1) is 5.02 Å². The number of hydrogen-bond acceptors (Lipinski definition) is 4. The number of carbonyl (C=O) groups is 2. The number of nitrogens with zero attached hydrogens (tertiary/aromatic N) is 3. The Morgan fingerprint density at radius 3 is 2.70 bits per heavy atom. The summed E-state index contributed by atoms with van der Waals surface area (Å²) in [6, 6.07) is 5.02. The number of anilines is 1. The van der Waals surface area contributed by atoms with Crippen molar-refractivity contribution in [1.29, 1.82) is 0 Å². The molecule has 0 radical (unpaired) electrons. The van der Waals surface area contributed by atoms with Crippen LogP contribution in [0.25, 0.3) is 22.0 Å². The number of ketones is 1. The van der Waals surface area contributed by atoms with Gasteiger partial charge in [-0.05, 0) is 67.7 Å². The Morgan fingerprint density at radius 1 is 1.24 bits per heavy atom. The zero-order valence-electron chi connectivity index (χ0n) is 21.9. The Balaban J connectivity index is 1.35. The van der Waals surface area contributed by atoms with Gasteiger partial charge in [0.2, 0.25) is 5.91 Å². The second kappa shape index (κ2) is 9.82. The summed E-state index contributed by atoms with van der Waals surface area (Å²) < 4.78 is 16.8. The number of rotatable bonds is 7. The third kappa shape index (κ3) is 5.15. The molecule has 1 amide bonds. The lowest BCUT2D eigenvalue weighted by Gasteiger charge is -2.28. The topological polar surface area (TPSA) is 76.9 Å². The summed E-state index contributed by atoms with van der Waals surface area (Å²) in [5.74, 6) is 0.478. The highest BCUT2D eigenvalue weighted by atomic mass is 35.5. The van der Waals surface area contributed by atoms with Crippen LogP contribution in [-0.2, 0) is 16.6 Å². The van der Waals surface area contributed by atoms with E-state index in [-0.39, 0.29) is 29.1 Å². The fourth-order valence-corrected chi connectivity index (χ4v) is 5.97. The Hall–Kier alpha value is -2.80. The van der Waals surface area contributed by atoms with Crippen molar-refractivity contribution in [3.63, 3.8) is 0 Å². The van der Waals surface area contributed by atoms with Crippen molar-refractivity contribution in [2.75, 3.05) is 5.32 Å². The van der Waals surface area contributed by atoms with Gasteiger partial charge in [-0.2, -0.15) is 5.10 Å². The van der Waals surface area contributed by atoms with Crippen molar-refractivity contribution in [1.82, 2.24) is 14.8 Å². The fraction of sp³-hybridized carbons (Fsp3) is 0.517. The summed E-state index contributed by atoms with van der Waals surface area (Å²) in [7, 11) is 1.82. The van der Waals surface area contributed by atoms with Gasteiger partial charge in [-0.25, -0.2) is 9.37 Å². The van der Waals surface area contributed by atoms with Gasteiger partial charge in [-0.1, -0.05) is 38.8 Å². The summed E-state index contributed by atoms with van der Waals surface area (Å²) in [4.78, 5) is 30.0. The van der Waals surface area contributed by atoms with Crippen LogP contribution in [0.3, 0.4) is 0 Å². The standard InChI is InChI=1S/C29H34ClFN4O2/c1-16(2)27-21-12-19(13-23(31)26(21)34-35(27)4)20-14-25(32-15-22(20)30)33-28(37)18-7-5-6-17(10-18)11-24(36)29(3)8-9-29/h12-18H,5-11H2,1-4H3,(H,32,33,37)/t17-,18+/m1/s1. The van der Waals surface area contributed by atoms with Crippen LogP contribution in [0, 0.1) is 23.1 Å². The molecule has 1 aromatic carbocycles. The van der Waals surface area contributed by atoms with Crippen LogP contribution in [0.2, 0.25) is 5.02 Å². The van der Waals surface area contributed by atoms with E-state index < -0.39 is 5.82 Å². The third-order valence-electron chi connectivity index (χ3n) is 8.20. The molecule has 3 aromatic rings. The highest BCUT2D eigenvalue weighted by molar-refractivity contribution is 6.33. The van der Waals surface area contributed by atoms with Gasteiger partial charge in [-0.3, -0.25) is 14.3 Å². The molecule has 37 heavy (non-hydrogen) atoms. The SMILES string of the molecule is CC(C)c1c2cc(-c3cc(NC(=O)[C@H]4CCC[C@@H](CC(=O)C5(C)CC5)C4)ncc3Cl)cc(F)c2nn1C. The number of aryl methyl sites for hydroxylation is 1. The number of carbonyl (C=O) groups excluding carboxylic acids is 2. The van der Waals surface area contributed by atoms with Gasteiger partial charge in [0, 0.05) is 47.6 Å². The van der Waals surface area contributed by atoms with E-state index in [9.17, 15) is 9.59 Å². The van der Waals surface area contributed by atoms with E-state index in [2.05, 4.69) is 15.4 Å². The average Bonchev–Trinajstić information content (AvgIpc) is 3.51. The molecular weight excluding hydrogens is 491 g/mol. The summed E-state index contributed by atoms with van der Waals surface area (Å²) >= 11 is 6.49. The predicted octanol–water partition coefficient (Wildman–Crippen LogP) is 7.06. The highest BCUT2D eigenvalue weighted by Crippen LogP contribution is 2.48. The van der Waals surface area contributed by atoms with E-state index in [1.807, 2.05) is 33.9 Å². The maximum Gasteiger partial charge on any atom is 0.228 e. The Morgan fingerprint density at radius 2 is 2.00 bits per heavy atom. The van der Waals surface area contributed by atoms with Crippen molar-refractivity contribution in [3.05, 3.63) is 40.9 Å². The molecule has 1 N–H and O–H groups in total. The minimum atomic E-state index is -0.420. The molecule has 2 aliphatic rings. The molecule has 0 saturated heterocycles. The van der Waals surface area contributed by atoms with Gasteiger partial charge < -0.3 is 5.32 Å². The second-order valence-electron chi connectivity index (χ2n) is 11.5. The maximum atomic E-state index is 15.1. The molecule has 5 rings (SSSR count). The van der Waals surface area contributed by atoms with Gasteiger partial charge in [-0.15, -0.1) is 0 Å². The number of Topliss-reactive ketones (excluding diaryl/α,β-unsaturated/α-hetero) is 1. The quantitative estimate of drug-likeness (QED) is 0.359. The summed E-state index contributed by atoms with van der Waals surface area (Å²) in [6.07, 6.45) is 7.49. The van der Waals surface area contributed by atoms with E-state index in [1.165, 1.54) is 12.3 Å². The second-order valence-corrected chi connectivity index (χ2v) is 11.9. The molecule has 2 aliphatic carbocycles. The minimum Gasteiger partial charge on any atom is -0.310 e. The molecule has 6 nitrogen and oxygen atoms in total. The first-order chi connectivity index (χ1) is 17.6. The maximum absolute atomic E-state index is 15.1. The summed E-state index contributed by atoms with van der Waals surface area (Å²) in [5.41, 5.74) is 2.35. The van der Waals surface area contributed by atoms with Crippen LogP contribution in [0.1, 0.15) is 77.3 Å². The van der Waals surface area contributed by atoms with Crippen LogP contribution >= 0.6 is 11.6 Å². The number of amides is 1. The van der Waals surface area contributed by atoms with E-state index in [0.717, 1.165) is 49.6 Å². The van der Waals surface area contributed by atoms with Gasteiger partial charge in [0.25, 0.3) is 0 Å². The number of fused-ring (bicyclic) bond motifs is 1. The summed E-state index contributed by atoms with van der Waals surface area (Å²) in [6.45, 7) is 6.14. The first-order valence-electron chi connectivity index (χ1n) is 13.2. The lowest BCUT2D eigenvalue weighted by Crippen LogP contribution is -2.30. The summed E-state index contributed by atoms with van der Waals surface area (Å²) in [5, 5.41) is 8.42. The molecule has 196 valence electrons. The van der Waals surface area contributed by atoms with Crippen LogP contribution in [0.4, 0.5) is 10.2 Å². The lowest BCUT2D eigenvalue weighted by atomic mass is 9.77. The third-order valence-corrected chi connectivity index (χ3v) is 8.50. The van der Waals surface area contributed by atoms with E-state index >= 15 is 4.39 Å². The number of nitrogens with one attached hydrogen (secondary N) is 1. The number of halogens is 2. The zero-order chi connectivity index (χ0) is 26.5.